The van der Waals surface area contributed by atoms with Crippen molar-refractivity contribution in [1.29, 1.82) is 0 Å². The number of rotatable bonds is 4. The number of aromatic amines is 1. The molecule has 0 saturated carbocycles. The second-order valence-electron chi connectivity index (χ2n) is 10.1. The first kappa shape index (κ1) is 22.1. The Morgan fingerprint density at radius 1 is 1.09 bits per heavy atom. The summed E-state index contributed by atoms with van der Waals surface area (Å²) in [5, 5.41) is 1.16. The molecule has 3 aromatic rings. The van der Waals surface area contributed by atoms with E-state index in [1.54, 1.807) is 0 Å². The fourth-order valence-electron chi connectivity index (χ4n) is 5.85. The van der Waals surface area contributed by atoms with Crippen molar-refractivity contribution in [1.82, 2.24) is 14.9 Å². The highest BCUT2D eigenvalue weighted by atomic mass is 16.5. The number of hydrogen-bond donors (Lipinski definition) is 1. The highest BCUT2D eigenvalue weighted by Gasteiger charge is 2.44. The number of pyridine rings is 1. The Labute approximate surface area is 196 Å². The fraction of sp³-hybridized carbons (Fsp3) is 0.500. The lowest BCUT2D eigenvalue weighted by Crippen LogP contribution is -2.50. The van der Waals surface area contributed by atoms with Crippen molar-refractivity contribution in [3.63, 3.8) is 0 Å². The Morgan fingerprint density at radius 2 is 1.88 bits per heavy atom. The molecule has 2 aliphatic rings. The molecule has 2 fully saturated rings. The number of aromatic nitrogens is 2. The standard InChI is InChI=1S/C28H35N3O2/c1-20-16-21(2)18-24(17-20)28(9-14-33-15-10-28)27(32)31-12-3-4-22(8-13-31)19-25-6-5-23-7-11-29-26(23)30-25/h5-7,11,16-18,22H,3-4,8-10,12-15,19H2,1-2H3,(H,29,30). The van der Waals surface area contributed by atoms with Gasteiger partial charge in [0.15, 0.2) is 0 Å². The molecule has 1 atom stereocenters. The van der Waals surface area contributed by atoms with Gasteiger partial charge < -0.3 is 14.6 Å². The van der Waals surface area contributed by atoms with Crippen LogP contribution in [0.2, 0.25) is 0 Å². The van der Waals surface area contributed by atoms with Crippen LogP contribution in [0.4, 0.5) is 0 Å². The number of fused-ring (bicyclic) bond motifs is 1. The zero-order valence-corrected chi connectivity index (χ0v) is 19.9. The third kappa shape index (κ3) is 4.56. The van der Waals surface area contributed by atoms with Crippen molar-refractivity contribution >= 4 is 16.9 Å². The van der Waals surface area contributed by atoms with Gasteiger partial charge in [0, 0.05) is 43.6 Å². The molecule has 5 rings (SSSR count). The molecule has 1 N–H and O–H groups in total. The number of ether oxygens (including phenoxy) is 1. The SMILES string of the molecule is Cc1cc(C)cc(C2(C(=O)N3CCCC(Cc4ccc5cc[nH]c5n4)CC3)CCOCC2)c1. The highest BCUT2D eigenvalue weighted by molar-refractivity contribution is 5.88. The summed E-state index contributed by atoms with van der Waals surface area (Å²) < 4.78 is 5.70. The molecule has 1 aromatic carbocycles. The number of aryl methyl sites for hydroxylation is 2. The van der Waals surface area contributed by atoms with Crippen molar-refractivity contribution in [2.45, 2.75) is 57.8 Å². The summed E-state index contributed by atoms with van der Waals surface area (Å²) in [6, 6.07) is 13.0. The smallest absolute Gasteiger partial charge is 0.233 e. The summed E-state index contributed by atoms with van der Waals surface area (Å²) in [4.78, 5) is 24.3. The Bertz CT molecular complexity index is 1110. The Balaban J connectivity index is 1.32. The number of amides is 1. The van der Waals surface area contributed by atoms with Crippen LogP contribution in [0.15, 0.2) is 42.6 Å². The molecule has 4 heterocycles. The lowest BCUT2D eigenvalue weighted by molar-refractivity contribution is -0.141. The van der Waals surface area contributed by atoms with Crippen LogP contribution in [0.3, 0.4) is 0 Å². The van der Waals surface area contributed by atoms with Gasteiger partial charge in [0.2, 0.25) is 5.91 Å². The first-order valence-corrected chi connectivity index (χ1v) is 12.4. The van der Waals surface area contributed by atoms with Gasteiger partial charge in [-0.3, -0.25) is 4.79 Å². The molecule has 5 heteroatoms. The molecule has 1 amide bonds. The van der Waals surface area contributed by atoms with E-state index in [1.807, 2.05) is 6.20 Å². The third-order valence-corrected chi connectivity index (χ3v) is 7.63. The van der Waals surface area contributed by atoms with Gasteiger partial charge in [0.05, 0.1) is 5.41 Å². The molecule has 174 valence electrons. The van der Waals surface area contributed by atoms with Crippen LogP contribution in [0, 0.1) is 19.8 Å². The first-order valence-electron chi connectivity index (χ1n) is 12.4. The summed E-state index contributed by atoms with van der Waals surface area (Å²) in [6.45, 7) is 7.25. The minimum absolute atomic E-state index is 0.308. The highest BCUT2D eigenvalue weighted by Crippen LogP contribution is 2.38. The number of likely N-dealkylation sites (tertiary alicyclic amines) is 1. The van der Waals surface area contributed by atoms with Crippen LogP contribution in [-0.2, 0) is 21.4 Å². The van der Waals surface area contributed by atoms with E-state index in [0.29, 0.717) is 25.0 Å². The van der Waals surface area contributed by atoms with E-state index >= 15 is 0 Å². The quantitative estimate of drug-likeness (QED) is 0.608. The van der Waals surface area contributed by atoms with Crippen molar-refractivity contribution in [2.24, 2.45) is 5.92 Å². The molecule has 0 aliphatic carbocycles. The van der Waals surface area contributed by atoms with Crippen LogP contribution < -0.4 is 0 Å². The summed E-state index contributed by atoms with van der Waals surface area (Å²) in [5.74, 6) is 0.872. The molecule has 2 saturated heterocycles. The minimum Gasteiger partial charge on any atom is -0.381 e. The molecule has 1 unspecified atom stereocenters. The number of nitrogens with one attached hydrogen (secondary N) is 1. The first-order chi connectivity index (χ1) is 16.0. The number of carbonyl (C=O) groups excluding carboxylic acids is 1. The van der Waals surface area contributed by atoms with Crippen LogP contribution in [0.5, 0.6) is 0 Å². The monoisotopic (exact) mass is 445 g/mol. The predicted octanol–water partition coefficient (Wildman–Crippen LogP) is 5.10. The zero-order valence-electron chi connectivity index (χ0n) is 19.9. The maximum Gasteiger partial charge on any atom is 0.233 e. The topological polar surface area (TPSA) is 58.2 Å². The van der Waals surface area contributed by atoms with Gasteiger partial charge in [-0.05, 0) is 82.1 Å². The summed E-state index contributed by atoms with van der Waals surface area (Å²) >= 11 is 0. The lowest BCUT2D eigenvalue weighted by Gasteiger charge is -2.40. The van der Waals surface area contributed by atoms with Crippen LogP contribution >= 0.6 is 0 Å². The van der Waals surface area contributed by atoms with Gasteiger partial charge in [-0.1, -0.05) is 29.3 Å². The minimum atomic E-state index is -0.449. The lowest BCUT2D eigenvalue weighted by atomic mass is 9.72. The Kier molecular flexibility index (Phi) is 6.24. The van der Waals surface area contributed by atoms with Gasteiger partial charge in [0.25, 0.3) is 0 Å². The van der Waals surface area contributed by atoms with E-state index in [-0.39, 0.29) is 0 Å². The van der Waals surface area contributed by atoms with Crippen molar-refractivity contribution in [3.05, 3.63) is 65.0 Å². The maximum atomic E-state index is 14.1. The van der Waals surface area contributed by atoms with Crippen molar-refractivity contribution < 1.29 is 9.53 Å². The van der Waals surface area contributed by atoms with Crippen LogP contribution in [0.25, 0.3) is 11.0 Å². The average Bonchev–Trinajstić information content (AvgIpc) is 3.16. The fourth-order valence-corrected chi connectivity index (χ4v) is 5.85. The second kappa shape index (κ2) is 9.30. The van der Waals surface area contributed by atoms with Crippen molar-refractivity contribution in [3.8, 4) is 0 Å². The molecule has 2 aromatic heterocycles. The van der Waals surface area contributed by atoms with Gasteiger partial charge in [-0.15, -0.1) is 0 Å². The van der Waals surface area contributed by atoms with Gasteiger partial charge in [-0.2, -0.15) is 0 Å². The van der Waals surface area contributed by atoms with Gasteiger partial charge in [-0.25, -0.2) is 4.98 Å². The van der Waals surface area contributed by atoms with Gasteiger partial charge in [0.1, 0.15) is 5.65 Å². The molecule has 5 nitrogen and oxygen atoms in total. The number of benzene rings is 1. The van der Waals surface area contributed by atoms with E-state index in [2.05, 4.69) is 60.1 Å². The Morgan fingerprint density at radius 3 is 2.67 bits per heavy atom. The van der Waals surface area contributed by atoms with E-state index in [0.717, 1.165) is 68.3 Å². The zero-order chi connectivity index (χ0) is 22.8. The van der Waals surface area contributed by atoms with E-state index < -0.39 is 5.41 Å². The van der Waals surface area contributed by atoms with Crippen LogP contribution in [0.1, 0.15) is 54.5 Å². The van der Waals surface area contributed by atoms with Gasteiger partial charge >= 0.3 is 0 Å². The summed E-state index contributed by atoms with van der Waals surface area (Å²) in [5.41, 5.74) is 5.29. The summed E-state index contributed by atoms with van der Waals surface area (Å²) in [6.07, 6.45) is 7.71. The summed E-state index contributed by atoms with van der Waals surface area (Å²) in [7, 11) is 0. The third-order valence-electron chi connectivity index (χ3n) is 7.63. The van der Waals surface area contributed by atoms with Crippen LogP contribution in [-0.4, -0.2) is 47.1 Å². The molecule has 0 radical (unpaired) electrons. The average molecular weight is 446 g/mol. The molecule has 2 aliphatic heterocycles. The molecule has 0 spiro atoms. The number of hydrogen-bond acceptors (Lipinski definition) is 3. The molecule has 33 heavy (non-hydrogen) atoms. The maximum absolute atomic E-state index is 14.1. The molecular weight excluding hydrogens is 410 g/mol. The normalized spacial score (nSPS) is 21.2. The van der Waals surface area contributed by atoms with E-state index in [1.165, 1.54) is 16.7 Å². The van der Waals surface area contributed by atoms with Crippen molar-refractivity contribution in [2.75, 3.05) is 26.3 Å². The Hall–Kier alpha value is -2.66. The number of nitrogens with zero attached hydrogens (tertiary/aromatic N) is 2. The predicted molar refractivity (Wildman–Crippen MR) is 131 cm³/mol. The molecular formula is C28H35N3O2. The number of H-pyrrole nitrogens is 1. The second-order valence-corrected chi connectivity index (χ2v) is 10.1. The van der Waals surface area contributed by atoms with E-state index in [4.69, 9.17) is 9.72 Å². The van der Waals surface area contributed by atoms with E-state index in [9.17, 15) is 4.79 Å². The number of carbonyl (C=O) groups is 1. The largest absolute Gasteiger partial charge is 0.381 e. The molecule has 0 bridgehead atoms.